The van der Waals surface area contributed by atoms with Gasteiger partial charge in [0, 0.05) is 27.3 Å². The molecule has 0 N–H and O–H groups in total. The van der Waals surface area contributed by atoms with Crippen LogP contribution in [0.1, 0.15) is 22.8 Å². The predicted molar refractivity (Wildman–Crippen MR) is 104 cm³/mol. The van der Waals surface area contributed by atoms with Gasteiger partial charge in [-0.15, -0.1) is 11.8 Å². The van der Waals surface area contributed by atoms with Gasteiger partial charge in [0.05, 0.1) is 5.69 Å². The Morgan fingerprint density at radius 2 is 1.67 bits per heavy atom. The molecule has 0 bridgehead atoms. The largest absolute Gasteiger partial charge is 0.252 e. The molecule has 3 aromatic carbocycles. The first-order chi connectivity index (χ1) is 11.8. The molecule has 118 valence electrons. The minimum absolute atomic E-state index is 0.298. The van der Waals surface area contributed by atoms with Gasteiger partial charge >= 0.3 is 0 Å². The zero-order valence-electron chi connectivity index (χ0n) is 13.0. The second kappa shape index (κ2) is 6.84. The molecule has 0 amide bonds. The van der Waals surface area contributed by atoms with Crippen LogP contribution in [0.3, 0.4) is 0 Å². The number of hydrogen-bond donors (Lipinski definition) is 0. The molecule has 4 rings (SSSR count). The molecule has 1 nitrogen and oxygen atoms in total. The fourth-order valence-corrected chi connectivity index (χ4v) is 4.34. The van der Waals surface area contributed by atoms with Gasteiger partial charge in [-0.2, -0.15) is 0 Å². The third kappa shape index (κ3) is 3.26. The standard InChI is InChI=1S/C21H16ClNS/c22-17-10-6-9-16(13-17)21-14-19(15-7-2-1-3-8-15)23-18-11-4-5-12-20(18)24-21/h1-13,21H,14H2. The molecule has 3 aromatic rings. The number of halogens is 1. The number of benzene rings is 3. The normalized spacial score (nSPS) is 16.9. The van der Waals surface area contributed by atoms with Crippen LogP contribution < -0.4 is 0 Å². The van der Waals surface area contributed by atoms with Gasteiger partial charge in [0.1, 0.15) is 0 Å². The molecule has 0 fully saturated rings. The molecule has 1 aliphatic rings. The van der Waals surface area contributed by atoms with Crippen molar-refractivity contribution in [2.24, 2.45) is 4.99 Å². The smallest absolute Gasteiger partial charge is 0.0769 e. The Morgan fingerprint density at radius 1 is 0.875 bits per heavy atom. The molecule has 0 saturated heterocycles. The number of fused-ring (bicyclic) bond motifs is 1. The summed E-state index contributed by atoms with van der Waals surface area (Å²) in [6.45, 7) is 0. The van der Waals surface area contributed by atoms with Gasteiger partial charge in [0.15, 0.2) is 0 Å². The van der Waals surface area contributed by atoms with Crippen molar-refractivity contribution in [3.05, 3.63) is 95.0 Å². The Balaban J connectivity index is 1.81. The van der Waals surface area contributed by atoms with Crippen LogP contribution in [0.25, 0.3) is 0 Å². The van der Waals surface area contributed by atoms with Gasteiger partial charge in [0.25, 0.3) is 0 Å². The van der Waals surface area contributed by atoms with Crippen LogP contribution >= 0.6 is 23.4 Å². The molecule has 1 atom stereocenters. The number of aliphatic imine (C=N–C) groups is 1. The molecule has 1 aliphatic heterocycles. The average Bonchev–Trinajstić information content (AvgIpc) is 2.82. The first kappa shape index (κ1) is 15.5. The van der Waals surface area contributed by atoms with E-state index in [0.717, 1.165) is 22.8 Å². The molecular formula is C21H16ClNS. The molecular weight excluding hydrogens is 334 g/mol. The number of hydrogen-bond acceptors (Lipinski definition) is 2. The lowest BCUT2D eigenvalue weighted by Gasteiger charge is -2.16. The molecule has 24 heavy (non-hydrogen) atoms. The van der Waals surface area contributed by atoms with E-state index in [1.54, 1.807) is 0 Å². The number of nitrogens with zero attached hydrogens (tertiary/aromatic N) is 1. The number of rotatable bonds is 2. The van der Waals surface area contributed by atoms with E-state index < -0.39 is 0 Å². The minimum Gasteiger partial charge on any atom is -0.252 e. The summed E-state index contributed by atoms with van der Waals surface area (Å²) < 4.78 is 0. The van der Waals surface area contributed by atoms with Gasteiger partial charge in [-0.1, -0.05) is 66.2 Å². The van der Waals surface area contributed by atoms with Gasteiger partial charge in [0.2, 0.25) is 0 Å². The van der Waals surface area contributed by atoms with Crippen LogP contribution in [0.2, 0.25) is 5.02 Å². The van der Waals surface area contributed by atoms with Crippen LogP contribution in [-0.2, 0) is 0 Å². The highest BCUT2D eigenvalue weighted by Crippen LogP contribution is 2.45. The molecule has 3 heteroatoms. The Morgan fingerprint density at radius 3 is 2.50 bits per heavy atom. The highest BCUT2D eigenvalue weighted by molar-refractivity contribution is 7.99. The maximum atomic E-state index is 6.22. The average molecular weight is 350 g/mol. The monoisotopic (exact) mass is 349 g/mol. The molecule has 0 radical (unpaired) electrons. The second-order valence-corrected chi connectivity index (χ2v) is 7.44. The molecule has 1 unspecified atom stereocenters. The first-order valence-electron chi connectivity index (χ1n) is 7.94. The summed E-state index contributed by atoms with van der Waals surface area (Å²) in [7, 11) is 0. The van der Waals surface area contributed by atoms with Crippen LogP contribution in [-0.4, -0.2) is 5.71 Å². The molecule has 0 saturated carbocycles. The van der Waals surface area contributed by atoms with Gasteiger partial charge in [-0.05, 0) is 35.4 Å². The van der Waals surface area contributed by atoms with Crippen molar-refractivity contribution in [3.63, 3.8) is 0 Å². The SMILES string of the molecule is Clc1cccc(C2CC(c3ccccc3)=Nc3ccccc3S2)c1. The fourth-order valence-electron chi connectivity index (χ4n) is 2.92. The van der Waals surface area contributed by atoms with Crippen molar-refractivity contribution < 1.29 is 0 Å². The van der Waals surface area contributed by atoms with E-state index in [2.05, 4.69) is 54.6 Å². The maximum Gasteiger partial charge on any atom is 0.0769 e. The topological polar surface area (TPSA) is 12.4 Å². The summed E-state index contributed by atoms with van der Waals surface area (Å²) in [4.78, 5) is 6.19. The van der Waals surface area contributed by atoms with Crippen molar-refractivity contribution >= 4 is 34.8 Å². The van der Waals surface area contributed by atoms with Gasteiger partial charge < -0.3 is 0 Å². The zero-order chi connectivity index (χ0) is 16.4. The summed E-state index contributed by atoms with van der Waals surface area (Å²) in [5, 5.41) is 1.08. The Labute approximate surface area is 151 Å². The summed E-state index contributed by atoms with van der Waals surface area (Å²) in [6.07, 6.45) is 0.879. The predicted octanol–water partition coefficient (Wildman–Crippen LogP) is 6.70. The first-order valence-corrected chi connectivity index (χ1v) is 9.19. The van der Waals surface area contributed by atoms with E-state index in [1.165, 1.54) is 16.0 Å². The lowest BCUT2D eigenvalue weighted by Crippen LogP contribution is -2.05. The van der Waals surface area contributed by atoms with Gasteiger partial charge in [-0.3, -0.25) is 4.99 Å². The van der Waals surface area contributed by atoms with Crippen molar-refractivity contribution in [1.82, 2.24) is 0 Å². The van der Waals surface area contributed by atoms with Gasteiger partial charge in [-0.25, -0.2) is 0 Å². The lowest BCUT2D eigenvalue weighted by molar-refractivity contribution is 1.01. The van der Waals surface area contributed by atoms with Crippen LogP contribution in [0.4, 0.5) is 5.69 Å². The second-order valence-electron chi connectivity index (χ2n) is 5.76. The third-order valence-electron chi connectivity index (χ3n) is 4.10. The lowest BCUT2D eigenvalue weighted by atomic mass is 10.0. The van der Waals surface area contributed by atoms with Crippen LogP contribution in [0.5, 0.6) is 0 Å². The van der Waals surface area contributed by atoms with Crippen LogP contribution in [0.15, 0.2) is 88.8 Å². The van der Waals surface area contributed by atoms with E-state index in [1.807, 2.05) is 36.0 Å². The van der Waals surface area contributed by atoms with E-state index in [-0.39, 0.29) is 0 Å². The van der Waals surface area contributed by atoms with Crippen LogP contribution in [0, 0.1) is 0 Å². The summed E-state index contributed by atoms with van der Waals surface area (Å²) in [5.41, 5.74) is 4.60. The fraction of sp³-hybridized carbons (Fsp3) is 0.0952. The number of para-hydroxylation sites is 1. The van der Waals surface area contributed by atoms with E-state index in [9.17, 15) is 0 Å². The van der Waals surface area contributed by atoms with Crippen molar-refractivity contribution in [1.29, 1.82) is 0 Å². The Bertz CT molecular complexity index is 889. The Hall–Kier alpha value is -2.03. The number of thioether (sulfide) groups is 1. The molecule has 0 spiro atoms. The summed E-state index contributed by atoms with van der Waals surface area (Å²) in [5.74, 6) is 0. The summed E-state index contributed by atoms with van der Waals surface area (Å²) >= 11 is 8.08. The van der Waals surface area contributed by atoms with E-state index in [4.69, 9.17) is 16.6 Å². The maximum absolute atomic E-state index is 6.22. The van der Waals surface area contributed by atoms with Crippen molar-refractivity contribution in [2.45, 2.75) is 16.6 Å². The van der Waals surface area contributed by atoms with E-state index in [0.29, 0.717) is 5.25 Å². The minimum atomic E-state index is 0.298. The van der Waals surface area contributed by atoms with Crippen molar-refractivity contribution in [2.75, 3.05) is 0 Å². The molecule has 0 aromatic heterocycles. The summed E-state index contributed by atoms with van der Waals surface area (Å²) in [6, 6.07) is 27.0. The Kier molecular flexibility index (Phi) is 4.42. The van der Waals surface area contributed by atoms with E-state index >= 15 is 0 Å². The molecule has 1 heterocycles. The highest BCUT2D eigenvalue weighted by Gasteiger charge is 2.22. The van der Waals surface area contributed by atoms with Crippen molar-refractivity contribution in [3.8, 4) is 0 Å². The molecule has 0 aliphatic carbocycles. The third-order valence-corrected chi connectivity index (χ3v) is 5.65. The quantitative estimate of drug-likeness (QED) is 0.501. The highest BCUT2D eigenvalue weighted by atomic mass is 35.5. The zero-order valence-corrected chi connectivity index (χ0v) is 14.6.